The van der Waals surface area contributed by atoms with Gasteiger partial charge in [0.1, 0.15) is 0 Å². The quantitative estimate of drug-likeness (QED) is 0.629. The van der Waals surface area contributed by atoms with Crippen molar-refractivity contribution in [3.05, 3.63) is 0 Å². The predicted molar refractivity (Wildman–Crippen MR) is 64.2 cm³/mol. The summed E-state index contributed by atoms with van der Waals surface area (Å²) in [6.07, 6.45) is 1.60. The molecule has 2 aliphatic rings. The highest BCUT2D eigenvalue weighted by Crippen LogP contribution is 2.65. The maximum absolute atomic E-state index is 12.1. The molecule has 0 spiro atoms. The van der Waals surface area contributed by atoms with Crippen LogP contribution in [0.1, 0.15) is 26.7 Å². The van der Waals surface area contributed by atoms with Crippen molar-refractivity contribution in [3.8, 4) is 0 Å². The third kappa shape index (κ3) is 1.78. The molecule has 0 radical (unpaired) electrons. The number of carbonyl (C=O) groups excluding carboxylic acids is 1. The number of alkyl halides is 1. The van der Waals surface area contributed by atoms with E-state index in [0.717, 1.165) is 12.8 Å². The summed E-state index contributed by atoms with van der Waals surface area (Å²) < 4.78 is 34.5. The van der Waals surface area contributed by atoms with Crippen molar-refractivity contribution in [1.29, 1.82) is 0 Å². The number of carbonyl (C=O) groups is 1. The SMILES string of the molecule is CC12CCC(C(Br)C1=O)C2(C)COS(=O)(=O)O. The molecule has 0 heterocycles. The van der Waals surface area contributed by atoms with Crippen molar-refractivity contribution in [3.63, 3.8) is 0 Å². The van der Waals surface area contributed by atoms with Gasteiger partial charge in [0.15, 0.2) is 5.78 Å². The van der Waals surface area contributed by atoms with Crippen molar-refractivity contribution >= 4 is 32.1 Å². The van der Waals surface area contributed by atoms with Crippen LogP contribution in [0.5, 0.6) is 0 Å². The maximum atomic E-state index is 12.1. The van der Waals surface area contributed by atoms with Crippen LogP contribution in [0.3, 0.4) is 0 Å². The fraction of sp³-hybridized carbons (Fsp3) is 0.900. The van der Waals surface area contributed by atoms with Crippen LogP contribution in [0.4, 0.5) is 0 Å². The van der Waals surface area contributed by atoms with Crippen LogP contribution in [-0.4, -0.2) is 30.2 Å². The molecule has 2 bridgehead atoms. The normalized spacial score (nSPS) is 45.5. The molecule has 17 heavy (non-hydrogen) atoms. The van der Waals surface area contributed by atoms with Crippen LogP contribution in [0, 0.1) is 16.7 Å². The summed E-state index contributed by atoms with van der Waals surface area (Å²) >= 11 is 3.37. The first-order chi connectivity index (χ1) is 7.62. The van der Waals surface area contributed by atoms with Gasteiger partial charge in [0.2, 0.25) is 0 Å². The molecule has 2 aliphatic carbocycles. The molecule has 2 saturated carbocycles. The van der Waals surface area contributed by atoms with E-state index in [1.165, 1.54) is 0 Å². The van der Waals surface area contributed by atoms with Crippen molar-refractivity contribution < 1.29 is 21.9 Å². The van der Waals surface area contributed by atoms with Crippen LogP contribution in [-0.2, 0) is 19.4 Å². The average molecular weight is 327 g/mol. The highest BCUT2D eigenvalue weighted by Gasteiger charge is 2.68. The van der Waals surface area contributed by atoms with Crippen LogP contribution in [0.25, 0.3) is 0 Å². The number of hydrogen-bond donors (Lipinski definition) is 1. The molecule has 7 heteroatoms. The van der Waals surface area contributed by atoms with E-state index in [2.05, 4.69) is 20.1 Å². The molecule has 0 aromatic carbocycles. The largest absolute Gasteiger partial charge is 0.397 e. The molecule has 0 amide bonds. The van der Waals surface area contributed by atoms with Crippen LogP contribution < -0.4 is 0 Å². The predicted octanol–water partition coefficient (Wildman–Crippen LogP) is 1.57. The van der Waals surface area contributed by atoms with Crippen LogP contribution >= 0.6 is 15.9 Å². The van der Waals surface area contributed by atoms with Gasteiger partial charge in [0.25, 0.3) is 0 Å². The molecule has 1 N–H and O–H groups in total. The fourth-order valence-corrected chi connectivity index (χ4v) is 5.03. The first-order valence-corrected chi connectivity index (χ1v) is 7.70. The van der Waals surface area contributed by atoms with E-state index in [0.29, 0.717) is 0 Å². The molecule has 0 aromatic rings. The van der Waals surface area contributed by atoms with E-state index in [1.807, 2.05) is 13.8 Å². The summed E-state index contributed by atoms with van der Waals surface area (Å²) in [5.41, 5.74) is -1.12. The lowest BCUT2D eigenvalue weighted by molar-refractivity contribution is -0.128. The highest BCUT2D eigenvalue weighted by atomic mass is 79.9. The molecule has 0 saturated heterocycles. The molecular weight excluding hydrogens is 312 g/mol. The first-order valence-electron chi connectivity index (χ1n) is 5.42. The van der Waals surface area contributed by atoms with Crippen LogP contribution in [0.15, 0.2) is 0 Å². The molecule has 0 aromatic heterocycles. The van der Waals surface area contributed by atoms with Gasteiger partial charge in [-0.25, -0.2) is 4.18 Å². The lowest BCUT2D eigenvalue weighted by Gasteiger charge is -2.35. The van der Waals surface area contributed by atoms with Crippen LogP contribution in [0.2, 0.25) is 0 Å². The highest BCUT2D eigenvalue weighted by molar-refractivity contribution is 9.10. The van der Waals surface area contributed by atoms with Gasteiger partial charge >= 0.3 is 10.4 Å². The second kappa shape index (κ2) is 3.76. The molecule has 5 nitrogen and oxygen atoms in total. The number of halogens is 1. The Balaban J connectivity index is 2.29. The summed E-state index contributed by atoms with van der Waals surface area (Å²) in [6.45, 7) is 3.56. The smallest absolute Gasteiger partial charge is 0.298 e. The van der Waals surface area contributed by atoms with Gasteiger partial charge in [-0.2, -0.15) is 8.42 Å². The minimum atomic E-state index is -4.46. The first kappa shape index (κ1) is 13.5. The third-order valence-corrected chi connectivity index (χ3v) is 6.16. The van der Waals surface area contributed by atoms with E-state index in [-0.39, 0.29) is 23.1 Å². The summed E-state index contributed by atoms with van der Waals surface area (Å²) in [7, 11) is -4.46. The Bertz CT molecular complexity index is 461. The average Bonchev–Trinajstić information content (AvgIpc) is 2.53. The van der Waals surface area contributed by atoms with Gasteiger partial charge in [0, 0.05) is 10.8 Å². The zero-order chi connectivity index (χ0) is 13.1. The zero-order valence-corrected chi connectivity index (χ0v) is 12.0. The molecule has 4 unspecified atom stereocenters. The monoisotopic (exact) mass is 326 g/mol. The minimum absolute atomic E-state index is 0.0572. The van der Waals surface area contributed by atoms with Gasteiger partial charge < -0.3 is 0 Å². The molecule has 98 valence electrons. The molecular formula is C10H15BrO5S. The van der Waals surface area contributed by atoms with Gasteiger partial charge in [0.05, 0.1) is 11.4 Å². The summed E-state index contributed by atoms with van der Waals surface area (Å²) in [5, 5.41) is 0. The lowest BCUT2D eigenvalue weighted by atomic mass is 9.69. The zero-order valence-electron chi connectivity index (χ0n) is 9.64. The maximum Gasteiger partial charge on any atom is 0.397 e. The van der Waals surface area contributed by atoms with E-state index in [1.54, 1.807) is 0 Å². The Morgan fingerprint density at radius 1 is 1.53 bits per heavy atom. The van der Waals surface area contributed by atoms with Crippen molar-refractivity contribution in [2.24, 2.45) is 16.7 Å². The third-order valence-electron chi connectivity index (χ3n) is 4.69. The Labute approximate surface area is 109 Å². The second-order valence-electron chi connectivity index (χ2n) is 5.35. The Hall–Kier alpha value is 0.0200. The molecule has 2 rings (SSSR count). The standard InChI is InChI=1S/C10H15BrO5S/c1-9-4-3-6(7(11)8(9)12)10(9,2)5-16-17(13,14)15/h6-7H,3-5H2,1-2H3,(H,13,14,15). The Kier molecular flexibility index (Phi) is 2.97. The van der Waals surface area contributed by atoms with E-state index < -0.39 is 21.2 Å². The molecule has 0 aliphatic heterocycles. The minimum Gasteiger partial charge on any atom is -0.298 e. The van der Waals surface area contributed by atoms with Crippen molar-refractivity contribution in [2.45, 2.75) is 31.5 Å². The number of ketones is 1. The number of rotatable bonds is 3. The Morgan fingerprint density at radius 3 is 2.53 bits per heavy atom. The number of Topliss-reactive ketones (excluding diaryl/α,β-unsaturated/α-hetero) is 1. The van der Waals surface area contributed by atoms with Gasteiger partial charge in [-0.15, -0.1) is 0 Å². The lowest BCUT2D eigenvalue weighted by Crippen LogP contribution is -2.39. The summed E-state index contributed by atoms with van der Waals surface area (Å²) in [4.78, 5) is 11.9. The summed E-state index contributed by atoms with van der Waals surface area (Å²) in [6, 6.07) is 0. The van der Waals surface area contributed by atoms with E-state index in [9.17, 15) is 13.2 Å². The van der Waals surface area contributed by atoms with Crippen molar-refractivity contribution in [2.75, 3.05) is 6.61 Å². The van der Waals surface area contributed by atoms with E-state index >= 15 is 0 Å². The molecule has 4 atom stereocenters. The van der Waals surface area contributed by atoms with Gasteiger partial charge in [-0.05, 0) is 18.8 Å². The summed E-state index contributed by atoms with van der Waals surface area (Å²) in [5.74, 6) is 0.164. The topological polar surface area (TPSA) is 80.7 Å². The number of hydrogen-bond acceptors (Lipinski definition) is 4. The van der Waals surface area contributed by atoms with E-state index in [4.69, 9.17) is 4.55 Å². The van der Waals surface area contributed by atoms with Gasteiger partial charge in [-0.3, -0.25) is 9.35 Å². The van der Waals surface area contributed by atoms with Crippen molar-refractivity contribution in [1.82, 2.24) is 0 Å². The second-order valence-corrected chi connectivity index (χ2v) is 7.43. The Morgan fingerprint density at radius 2 is 2.12 bits per heavy atom. The number of fused-ring (bicyclic) bond motifs is 2. The molecule has 2 fully saturated rings. The van der Waals surface area contributed by atoms with Gasteiger partial charge in [-0.1, -0.05) is 29.8 Å². The fourth-order valence-electron chi connectivity index (χ4n) is 3.28.